The van der Waals surface area contributed by atoms with E-state index in [-0.39, 0.29) is 23.7 Å². The summed E-state index contributed by atoms with van der Waals surface area (Å²) >= 11 is 0. The second-order valence-corrected chi connectivity index (χ2v) is 10.7. The molecule has 5 aromatic rings. The predicted octanol–water partition coefficient (Wildman–Crippen LogP) is 5.38. The van der Waals surface area contributed by atoms with Crippen molar-refractivity contribution in [3.05, 3.63) is 95.2 Å². The van der Waals surface area contributed by atoms with Crippen molar-refractivity contribution < 1.29 is 19.1 Å². The average Bonchev–Trinajstić information content (AvgIpc) is 3.44. The maximum atomic E-state index is 13.8. The highest BCUT2D eigenvalue weighted by molar-refractivity contribution is 6.20. The molecule has 0 aliphatic rings. The van der Waals surface area contributed by atoms with Crippen molar-refractivity contribution in [1.82, 2.24) is 19.1 Å². The first kappa shape index (κ1) is 26.0. The molecule has 2 aromatic carbocycles. The Hall–Kier alpha value is -4.59. The number of Topliss-reactive ketones (excluding diaryl/α,β-unsaturated/α-hetero) is 1. The van der Waals surface area contributed by atoms with Crippen LogP contribution in [0.3, 0.4) is 0 Å². The minimum absolute atomic E-state index is 0.0179. The zero-order chi connectivity index (χ0) is 27.9. The number of hydrogen-bond acceptors (Lipinski definition) is 6. The minimum atomic E-state index is -0.550. The van der Waals surface area contributed by atoms with E-state index in [9.17, 15) is 14.4 Å². The van der Waals surface area contributed by atoms with Crippen LogP contribution in [0, 0.1) is 12.3 Å². The molecule has 0 fully saturated rings. The molecule has 3 aromatic heterocycles. The van der Waals surface area contributed by atoms with Crippen LogP contribution < -0.4 is 0 Å². The number of imidazole rings is 1. The van der Waals surface area contributed by atoms with Gasteiger partial charge >= 0.3 is 5.97 Å². The van der Waals surface area contributed by atoms with E-state index in [1.54, 1.807) is 47.4 Å². The van der Waals surface area contributed by atoms with Gasteiger partial charge in [0, 0.05) is 40.9 Å². The molecule has 0 atom stereocenters. The largest absolute Gasteiger partial charge is 0.465 e. The van der Waals surface area contributed by atoms with Crippen molar-refractivity contribution in [3.63, 3.8) is 0 Å². The molecule has 0 saturated heterocycles. The van der Waals surface area contributed by atoms with Crippen molar-refractivity contribution >= 4 is 39.5 Å². The van der Waals surface area contributed by atoms with E-state index in [4.69, 9.17) is 4.74 Å². The lowest BCUT2D eigenvalue weighted by molar-refractivity contribution is -0.126. The molecule has 3 heterocycles. The predicted molar refractivity (Wildman–Crippen MR) is 149 cm³/mol. The van der Waals surface area contributed by atoms with Crippen molar-refractivity contribution in [2.75, 3.05) is 7.11 Å². The van der Waals surface area contributed by atoms with Crippen LogP contribution >= 0.6 is 0 Å². The smallest absolute Gasteiger partial charge is 0.338 e. The highest BCUT2D eigenvalue weighted by Gasteiger charge is 2.26. The second kappa shape index (κ2) is 9.94. The number of methoxy groups -OCH3 is 1. The Morgan fingerprint density at radius 3 is 2.38 bits per heavy atom. The number of carbonyl (C=O) groups is 3. The molecule has 0 saturated carbocycles. The number of benzene rings is 2. The van der Waals surface area contributed by atoms with Crippen LogP contribution in [0.2, 0.25) is 0 Å². The first-order valence-corrected chi connectivity index (χ1v) is 12.7. The third-order valence-electron chi connectivity index (χ3n) is 7.00. The molecule has 39 heavy (non-hydrogen) atoms. The second-order valence-electron chi connectivity index (χ2n) is 10.7. The van der Waals surface area contributed by atoms with Gasteiger partial charge in [0.05, 0.1) is 36.4 Å². The lowest BCUT2D eigenvalue weighted by Crippen LogP contribution is -2.24. The van der Waals surface area contributed by atoms with Gasteiger partial charge in [0.25, 0.3) is 0 Å². The Labute approximate surface area is 226 Å². The highest BCUT2D eigenvalue weighted by Crippen LogP contribution is 2.29. The van der Waals surface area contributed by atoms with E-state index < -0.39 is 11.4 Å². The highest BCUT2D eigenvalue weighted by atomic mass is 16.5. The Morgan fingerprint density at radius 2 is 1.69 bits per heavy atom. The van der Waals surface area contributed by atoms with Crippen molar-refractivity contribution in [2.24, 2.45) is 5.41 Å². The zero-order valence-electron chi connectivity index (χ0n) is 22.7. The standard InChI is InChI=1S/C31H30N4O4/c1-19-33-24-15-32-14-13-25(24)35(19)16-20-9-11-21(12-10-20)29(37)23-17-34(18-27(36)31(2,3)4)26-8-6-7-22(28(23)26)30(38)39-5/h6-15,17H,16,18H2,1-5H3. The summed E-state index contributed by atoms with van der Waals surface area (Å²) in [5.41, 5.74) is 4.05. The maximum absolute atomic E-state index is 13.8. The lowest BCUT2D eigenvalue weighted by Gasteiger charge is -2.17. The molecule has 5 rings (SSSR count). The number of nitrogens with zero attached hydrogens (tertiary/aromatic N) is 4. The molecule has 0 unspecified atom stereocenters. The van der Waals surface area contributed by atoms with Gasteiger partial charge in [0.15, 0.2) is 11.6 Å². The topological polar surface area (TPSA) is 96.1 Å². The van der Waals surface area contributed by atoms with Gasteiger partial charge in [0.1, 0.15) is 11.3 Å². The summed E-state index contributed by atoms with van der Waals surface area (Å²) in [6.45, 7) is 8.22. The van der Waals surface area contributed by atoms with Crippen LogP contribution in [-0.4, -0.2) is 43.7 Å². The molecular formula is C31H30N4O4. The number of esters is 1. The van der Waals surface area contributed by atoms with E-state index in [1.165, 1.54) is 7.11 Å². The molecule has 198 valence electrons. The quantitative estimate of drug-likeness (QED) is 0.210. The molecule has 0 amide bonds. The third kappa shape index (κ3) is 4.85. The zero-order valence-corrected chi connectivity index (χ0v) is 22.7. The normalized spacial score (nSPS) is 11.7. The number of rotatable bonds is 7. The summed E-state index contributed by atoms with van der Waals surface area (Å²) in [5.74, 6) is 0.124. The van der Waals surface area contributed by atoms with Crippen LogP contribution in [0.15, 0.2) is 67.1 Å². The van der Waals surface area contributed by atoms with Crippen LogP contribution in [-0.2, 0) is 22.6 Å². The van der Waals surface area contributed by atoms with Gasteiger partial charge in [-0.15, -0.1) is 0 Å². The van der Waals surface area contributed by atoms with Gasteiger partial charge in [0.2, 0.25) is 0 Å². The fourth-order valence-corrected chi connectivity index (χ4v) is 4.73. The molecule has 0 aliphatic carbocycles. The van der Waals surface area contributed by atoms with Gasteiger partial charge in [-0.05, 0) is 30.7 Å². The number of ether oxygens (including phenoxy) is 1. The fourth-order valence-electron chi connectivity index (χ4n) is 4.73. The molecule has 8 heteroatoms. The van der Waals surface area contributed by atoms with Crippen molar-refractivity contribution in [3.8, 4) is 0 Å². The first-order valence-electron chi connectivity index (χ1n) is 12.7. The van der Waals surface area contributed by atoms with Gasteiger partial charge in [-0.25, -0.2) is 9.78 Å². The summed E-state index contributed by atoms with van der Waals surface area (Å²) in [5, 5.41) is 0.481. The molecule has 0 aliphatic heterocycles. The Morgan fingerprint density at radius 1 is 0.949 bits per heavy atom. The SMILES string of the molecule is COC(=O)c1cccc2c1c(C(=O)c1ccc(Cn3c(C)nc4cnccc43)cc1)cn2CC(=O)C(C)(C)C. The number of pyridine rings is 1. The summed E-state index contributed by atoms with van der Waals surface area (Å²) in [6, 6.07) is 14.5. The van der Waals surface area contributed by atoms with E-state index in [0.717, 1.165) is 22.4 Å². The van der Waals surface area contributed by atoms with Gasteiger partial charge in [-0.3, -0.25) is 14.6 Å². The van der Waals surface area contributed by atoms with Gasteiger partial charge in [-0.1, -0.05) is 51.1 Å². The minimum Gasteiger partial charge on any atom is -0.465 e. The molecule has 0 spiro atoms. The maximum Gasteiger partial charge on any atom is 0.338 e. The summed E-state index contributed by atoms with van der Waals surface area (Å²) in [7, 11) is 1.31. The summed E-state index contributed by atoms with van der Waals surface area (Å²) in [6.07, 6.45) is 5.16. The first-order chi connectivity index (χ1) is 18.6. The van der Waals surface area contributed by atoms with Crippen LogP contribution in [0.5, 0.6) is 0 Å². The van der Waals surface area contributed by atoms with Gasteiger partial charge < -0.3 is 13.9 Å². The van der Waals surface area contributed by atoms with E-state index >= 15 is 0 Å². The van der Waals surface area contributed by atoms with E-state index in [2.05, 4.69) is 14.5 Å². The summed E-state index contributed by atoms with van der Waals surface area (Å²) < 4.78 is 8.85. The van der Waals surface area contributed by atoms with Crippen molar-refractivity contribution in [1.29, 1.82) is 0 Å². The van der Waals surface area contributed by atoms with Crippen molar-refractivity contribution in [2.45, 2.75) is 40.8 Å². The molecule has 8 nitrogen and oxygen atoms in total. The number of aromatic nitrogens is 4. The summed E-state index contributed by atoms with van der Waals surface area (Å²) in [4.78, 5) is 48.0. The fraction of sp³-hybridized carbons (Fsp3) is 0.258. The Kier molecular flexibility index (Phi) is 6.64. The monoisotopic (exact) mass is 522 g/mol. The van der Waals surface area contributed by atoms with Gasteiger partial charge in [-0.2, -0.15) is 0 Å². The third-order valence-corrected chi connectivity index (χ3v) is 7.00. The van der Waals surface area contributed by atoms with E-state index in [0.29, 0.717) is 28.6 Å². The molecule has 0 bridgehead atoms. The molecule has 0 radical (unpaired) electrons. The molecular weight excluding hydrogens is 492 g/mol. The number of ketones is 2. The number of carbonyl (C=O) groups excluding carboxylic acids is 3. The number of aryl methyl sites for hydroxylation is 1. The van der Waals surface area contributed by atoms with Crippen LogP contribution in [0.1, 0.15) is 58.4 Å². The molecule has 0 N–H and O–H groups in total. The van der Waals surface area contributed by atoms with Crippen LogP contribution in [0.25, 0.3) is 21.9 Å². The lowest BCUT2D eigenvalue weighted by atomic mass is 9.91. The van der Waals surface area contributed by atoms with E-state index in [1.807, 2.05) is 52.0 Å². The number of hydrogen-bond donors (Lipinski definition) is 0. The van der Waals surface area contributed by atoms with Crippen LogP contribution in [0.4, 0.5) is 0 Å². The average molecular weight is 523 g/mol. The Bertz CT molecular complexity index is 1740. The Balaban J connectivity index is 1.52. The number of fused-ring (bicyclic) bond motifs is 2.